The number of methoxy groups -OCH3 is 1. The van der Waals surface area contributed by atoms with Crippen molar-refractivity contribution in [2.75, 3.05) is 13.9 Å². The molecule has 2 aliphatic rings. The number of aryl methyl sites for hydroxylation is 2. The van der Waals surface area contributed by atoms with Gasteiger partial charge in [-0.3, -0.25) is 0 Å². The first-order valence-corrected chi connectivity index (χ1v) is 11.3. The fourth-order valence-corrected chi connectivity index (χ4v) is 5.28. The van der Waals surface area contributed by atoms with Crippen molar-refractivity contribution in [3.8, 4) is 23.0 Å². The molecule has 36 heavy (non-hydrogen) atoms. The minimum absolute atomic E-state index is 0. The zero-order valence-corrected chi connectivity index (χ0v) is 19.9. The molecule has 3 heterocycles. The molecule has 0 bridgehead atoms. The Bertz CT molecular complexity index is 1740. The summed E-state index contributed by atoms with van der Waals surface area (Å²) >= 11 is 0. The SMILES string of the molecule is COc1ccc2c(c[n+]3c4c2ccc2c5c(cc(c24)CC3)OCO5)c1OC(=O)c1ccccc1F.[Cl-]. The Balaban J connectivity index is 0.00000240. The average molecular weight is 504 g/mol. The molecule has 0 saturated carbocycles. The van der Waals surface area contributed by atoms with Crippen LogP contribution in [0.25, 0.3) is 32.4 Å². The van der Waals surface area contributed by atoms with E-state index in [0.717, 1.165) is 51.5 Å². The zero-order chi connectivity index (χ0) is 23.7. The summed E-state index contributed by atoms with van der Waals surface area (Å²) in [5, 5.41) is 4.79. The summed E-state index contributed by atoms with van der Waals surface area (Å²) < 4.78 is 39.2. The number of benzene rings is 4. The number of esters is 1. The third kappa shape index (κ3) is 3.09. The van der Waals surface area contributed by atoms with Crippen molar-refractivity contribution >= 4 is 38.4 Å². The van der Waals surface area contributed by atoms with Crippen LogP contribution >= 0.6 is 0 Å². The van der Waals surface area contributed by atoms with Crippen LogP contribution in [0.5, 0.6) is 23.0 Å². The van der Waals surface area contributed by atoms with E-state index in [2.05, 4.69) is 22.8 Å². The summed E-state index contributed by atoms with van der Waals surface area (Å²) in [6, 6.07) is 15.7. The minimum Gasteiger partial charge on any atom is -1.00 e. The fraction of sp³-hybridized carbons (Fsp3) is 0.143. The van der Waals surface area contributed by atoms with Crippen molar-refractivity contribution in [1.82, 2.24) is 0 Å². The van der Waals surface area contributed by atoms with E-state index in [-0.39, 0.29) is 30.5 Å². The predicted octanol–water partition coefficient (Wildman–Crippen LogP) is 2.09. The molecule has 0 fully saturated rings. The number of carbonyl (C=O) groups is 1. The zero-order valence-electron chi connectivity index (χ0n) is 19.1. The summed E-state index contributed by atoms with van der Waals surface area (Å²) in [7, 11) is 1.52. The van der Waals surface area contributed by atoms with Crippen LogP contribution in [0.3, 0.4) is 0 Å². The maximum Gasteiger partial charge on any atom is 0.346 e. The first kappa shape index (κ1) is 22.4. The minimum atomic E-state index is -0.777. The lowest BCUT2D eigenvalue weighted by atomic mass is 9.93. The molecule has 4 aromatic carbocycles. The molecule has 0 radical (unpaired) electrons. The van der Waals surface area contributed by atoms with E-state index in [1.807, 2.05) is 12.3 Å². The monoisotopic (exact) mass is 503 g/mol. The number of hydrogen-bond acceptors (Lipinski definition) is 5. The van der Waals surface area contributed by atoms with Gasteiger partial charge in [-0.25, -0.2) is 9.18 Å². The molecule has 5 aromatic rings. The molecule has 0 N–H and O–H groups in total. The number of rotatable bonds is 3. The van der Waals surface area contributed by atoms with Gasteiger partial charge in [0.25, 0.3) is 0 Å². The van der Waals surface area contributed by atoms with E-state index in [0.29, 0.717) is 11.1 Å². The maximum absolute atomic E-state index is 14.3. The molecule has 0 unspecified atom stereocenters. The standard InChI is InChI=1S/C28H19FNO5.ClH/c1-32-22-9-8-16-17-6-7-19-24-15(12-23-26(19)34-14-33-23)10-11-30(25(17)24)13-20(16)27(22)35-28(31)18-4-2-3-5-21(18)29;/h2-9,12-13H,10-11,14H2,1H3;1H/q+1;/p-1. The number of carbonyl (C=O) groups excluding carboxylic acids is 1. The van der Waals surface area contributed by atoms with Gasteiger partial charge >= 0.3 is 5.97 Å². The smallest absolute Gasteiger partial charge is 0.346 e. The van der Waals surface area contributed by atoms with E-state index >= 15 is 0 Å². The quantitative estimate of drug-likeness (QED) is 0.163. The number of aromatic nitrogens is 1. The second-order valence-electron chi connectivity index (χ2n) is 8.65. The van der Waals surface area contributed by atoms with E-state index in [1.54, 1.807) is 12.1 Å². The van der Waals surface area contributed by atoms with Gasteiger partial charge in [-0.2, -0.15) is 4.57 Å². The van der Waals surface area contributed by atoms with Crippen LogP contribution < -0.4 is 35.9 Å². The lowest BCUT2D eigenvalue weighted by Gasteiger charge is -2.18. The van der Waals surface area contributed by atoms with Gasteiger partial charge in [-0.1, -0.05) is 12.1 Å². The van der Waals surface area contributed by atoms with Gasteiger partial charge in [-0.15, -0.1) is 0 Å². The molecular weight excluding hydrogens is 485 g/mol. The van der Waals surface area contributed by atoms with Gasteiger partial charge in [0.15, 0.2) is 35.7 Å². The number of ether oxygens (including phenoxy) is 4. The molecule has 0 atom stereocenters. The first-order chi connectivity index (χ1) is 17.1. The second-order valence-corrected chi connectivity index (χ2v) is 8.65. The third-order valence-electron chi connectivity index (χ3n) is 6.84. The Morgan fingerprint density at radius 2 is 1.81 bits per heavy atom. The molecular formula is C28H19ClFNO5. The Morgan fingerprint density at radius 3 is 2.64 bits per heavy atom. The van der Waals surface area contributed by atoms with Crippen molar-refractivity contribution in [2.24, 2.45) is 0 Å². The van der Waals surface area contributed by atoms with Crippen LogP contribution in [-0.4, -0.2) is 19.9 Å². The highest BCUT2D eigenvalue weighted by molar-refractivity contribution is 6.17. The topological polar surface area (TPSA) is 57.9 Å². The van der Waals surface area contributed by atoms with E-state index in [4.69, 9.17) is 18.9 Å². The highest BCUT2D eigenvalue weighted by atomic mass is 35.5. The maximum atomic E-state index is 14.3. The number of nitrogens with zero attached hydrogens (tertiary/aromatic N) is 1. The Hall–Kier alpha value is -4.10. The molecule has 0 amide bonds. The van der Waals surface area contributed by atoms with Crippen LogP contribution in [0.2, 0.25) is 0 Å². The van der Waals surface area contributed by atoms with E-state index in [9.17, 15) is 9.18 Å². The molecule has 1 aromatic heterocycles. The van der Waals surface area contributed by atoms with Gasteiger partial charge in [0.2, 0.25) is 12.3 Å². The van der Waals surface area contributed by atoms with Gasteiger partial charge in [0.05, 0.1) is 28.8 Å². The van der Waals surface area contributed by atoms with Crippen LogP contribution in [0.1, 0.15) is 15.9 Å². The molecule has 7 rings (SSSR count). The summed E-state index contributed by atoms with van der Waals surface area (Å²) in [5.74, 6) is 0.808. The molecule has 0 saturated heterocycles. The van der Waals surface area contributed by atoms with Crippen LogP contribution in [0, 0.1) is 5.82 Å². The summed E-state index contributed by atoms with van der Waals surface area (Å²) in [6.07, 6.45) is 2.81. The predicted molar refractivity (Wildman–Crippen MR) is 127 cm³/mol. The Kier molecular flexibility index (Phi) is 5.12. The molecule has 0 spiro atoms. The highest BCUT2D eigenvalue weighted by Gasteiger charge is 2.30. The number of hydrogen-bond donors (Lipinski definition) is 0. The van der Waals surface area contributed by atoms with Crippen molar-refractivity contribution in [3.05, 3.63) is 77.7 Å². The van der Waals surface area contributed by atoms with Gasteiger partial charge in [0.1, 0.15) is 5.82 Å². The lowest BCUT2D eigenvalue weighted by molar-refractivity contribution is -0.670. The Morgan fingerprint density at radius 1 is 1.00 bits per heavy atom. The normalized spacial score (nSPS) is 13.3. The Labute approximate surface area is 211 Å². The molecule has 8 heteroatoms. The van der Waals surface area contributed by atoms with Crippen LogP contribution in [-0.2, 0) is 13.0 Å². The van der Waals surface area contributed by atoms with Crippen molar-refractivity contribution in [3.63, 3.8) is 0 Å². The molecule has 180 valence electrons. The molecule has 6 nitrogen and oxygen atoms in total. The average Bonchev–Trinajstić information content (AvgIpc) is 3.36. The van der Waals surface area contributed by atoms with Crippen LogP contribution in [0.4, 0.5) is 4.39 Å². The van der Waals surface area contributed by atoms with Crippen molar-refractivity contribution in [2.45, 2.75) is 13.0 Å². The number of pyridine rings is 1. The largest absolute Gasteiger partial charge is 1.00 e. The van der Waals surface area contributed by atoms with Crippen LogP contribution in [0.15, 0.2) is 60.8 Å². The summed E-state index contributed by atoms with van der Waals surface area (Å²) in [5.41, 5.74) is 2.17. The van der Waals surface area contributed by atoms with E-state index in [1.165, 1.54) is 30.9 Å². The van der Waals surface area contributed by atoms with E-state index < -0.39 is 11.8 Å². The lowest BCUT2D eigenvalue weighted by Crippen LogP contribution is -3.00. The van der Waals surface area contributed by atoms with Gasteiger partial charge < -0.3 is 31.4 Å². The third-order valence-corrected chi connectivity index (χ3v) is 6.84. The second kappa shape index (κ2) is 8.24. The molecule has 2 aliphatic heterocycles. The van der Waals surface area contributed by atoms with Gasteiger partial charge in [0, 0.05) is 17.2 Å². The fourth-order valence-electron chi connectivity index (χ4n) is 5.28. The van der Waals surface area contributed by atoms with Crippen molar-refractivity contribution in [1.29, 1.82) is 0 Å². The summed E-state index contributed by atoms with van der Waals surface area (Å²) in [6.45, 7) is 0.969. The highest BCUT2D eigenvalue weighted by Crippen LogP contribution is 2.46. The number of fused-ring (bicyclic) bond motifs is 4. The van der Waals surface area contributed by atoms with Crippen molar-refractivity contribution < 1.29 is 45.1 Å². The number of halogens is 2. The molecule has 0 aliphatic carbocycles. The van der Waals surface area contributed by atoms with Gasteiger partial charge in [-0.05, 0) is 48.0 Å². The first-order valence-electron chi connectivity index (χ1n) is 11.3. The summed E-state index contributed by atoms with van der Waals surface area (Å²) in [4.78, 5) is 12.9.